The van der Waals surface area contributed by atoms with Crippen molar-refractivity contribution in [2.24, 2.45) is 46.3 Å². The fraction of sp³-hybridized carbons (Fsp3) is 0.885. The van der Waals surface area contributed by atoms with E-state index in [4.69, 9.17) is 28.4 Å². The fourth-order valence-electron chi connectivity index (χ4n) is 16.5. The number of nitrogens with zero attached hydrogens (tertiary/aromatic N) is 2. The number of carbonyl (C=O) groups excluding carboxylic acids is 3. The van der Waals surface area contributed by atoms with E-state index in [-0.39, 0.29) is 82.3 Å². The number of ketones is 1. The van der Waals surface area contributed by atoms with Gasteiger partial charge in [0.1, 0.15) is 36.2 Å². The number of hydrogen-bond donors (Lipinski definition) is 8. The average Bonchev–Trinajstić information content (AvgIpc) is 2.67. The SMILES string of the molecule is CC[C@H]1OC(=O)[C@H](C)[C@@H](O[C@H]2C[C@@](C)(OC)[C@@H](O)[C@H](C)O2)[C@H](C)[C@@H](O[C@@H]2O[C@H](C)C[C@H](N(C)C)[C@H]2O)[C@](C)(O)C[C@@H](C)CN(CCCNC(=O)[C@@]2(O)[C@H](C)C[C@H]3[C@@H]4C[C@H](F)C5=CC(=O)C=C[C@]5(C)[C@@]4(F)[C@@H](O)C[C@@]32C)[C@H](C)[C@@H](O)[C@]1(C)O. The van der Waals surface area contributed by atoms with Crippen LogP contribution in [0.3, 0.4) is 0 Å². The Bertz CT molecular complexity index is 2350. The molecule has 0 radical (unpaired) electrons. The lowest BCUT2D eigenvalue weighted by molar-refractivity contribution is -0.318. The second-order valence-corrected chi connectivity index (χ2v) is 27.6. The van der Waals surface area contributed by atoms with Crippen LogP contribution in [0.25, 0.3) is 0 Å². The number of aliphatic hydroxyl groups excluding tert-OH is 4. The highest BCUT2D eigenvalue weighted by atomic mass is 19.1. The Morgan fingerprint density at radius 3 is 2.17 bits per heavy atom. The van der Waals surface area contributed by atoms with Crippen molar-refractivity contribution in [1.29, 1.82) is 0 Å². The first kappa shape index (κ1) is 66.9. The van der Waals surface area contributed by atoms with Gasteiger partial charge in [0.15, 0.2) is 29.6 Å². The fourth-order valence-corrected chi connectivity index (χ4v) is 16.5. The average molecular weight is 1170 g/mol. The number of carbonyl (C=O) groups is 3. The third-order valence-corrected chi connectivity index (χ3v) is 21.5. The number of aliphatic hydroxyl groups is 7. The van der Waals surface area contributed by atoms with Crippen molar-refractivity contribution in [3.05, 3.63) is 23.8 Å². The largest absolute Gasteiger partial charge is 0.459 e. The lowest BCUT2D eigenvalue weighted by atomic mass is 9.44. The Morgan fingerprint density at radius 2 is 1.55 bits per heavy atom. The monoisotopic (exact) mass is 1170 g/mol. The van der Waals surface area contributed by atoms with Gasteiger partial charge in [0, 0.05) is 67.9 Å². The second kappa shape index (κ2) is 24.5. The van der Waals surface area contributed by atoms with Gasteiger partial charge in [0.25, 0.3) is 5.91 Å². The Hall–Kier alpha value is -2.61. The van der Waals surface area contributed by atoms with E-state index in [1.165, 1.54) is 33.1 Å². The van der Waals surface area contributed by atoms with Gasteiger partial charge in [-0.05, 0) is 150 Å². The van der Waals surface area contributed by atoms with E-state index in [1.807, 2.05) is 37.7 Å². The van der Waals surface area contributed by atoms with Crippen molar-refractivity contribution in [3.8, 4) is 0 Å². The number of hydrogen-bond acceptors (Lipinski definition) is 18. The van der Waals surface area contributed by atoms with Gasteiger partial charge in [-0.2, -0.15) is 0 Å². The molecule has 3 saturated heterocycles. The molecule has 1 amide bonds. The lowest BCUT2D eigenvalue weighted by Gasteiger charge is -2.63. The molecule has 0 aromatic carbocycles. The van der Waals surface area contributed by atoms with Crippen LogP contribution in [-0.2, 0) is 42.8 Å². The van der Waals surface area contributed by atoms with Crippen molar-refractivity contribution < 1.29 is 87.3 Å². The first-order valence-corrected chi connectivity index (χ1v) is 30.1. The predicted molar refractivity (Wildman–Crippen MR) is 299 cm³/mol. The molecule has 0 bridgehead atoms. The van der Waals surface area contributed by atoms with E-state index in [2.05, 4.69) is 5.32 Å². The van der Waals surface area contributed by atoms with Gasteiger partial charge < -0.3 is 74.4 Å². The van der Waals surface area contributed by atoms with E-state index < -0.39 is 166 Å². The maximum atomic E-state index is 17.9. The number of rotatable bonds is 12. The van der Waals surface area contributed by atoms with Crippen molar-refractivity contribution >= 4 is 17.7 Å². The topological polar surface area (TPSA) is 267 Å². The van der Waals surface area contributed by atoms with E-state index >= 15 is 8.78 Å². The number of halogens is 2. The predicted octanol–water partition coefficient (Wildman–Crippen LogP) is 4.07. The molecule has 19 nitrogen and oxygen atoms in total. The van der Waals surface area contributed by atoms with E-state index in [9.17, 15) is 50.1 Å². The Labute approximate surface area is 484 Å². The summed E-state index contributed by atoms with van der Waals surface area (Å²) in [6.07, 6.45) is -9.95. The molecule has 3 aliphatic heterocycles. The number of fused-ring (bicyclic) bond motifs is 5. The van der Waals surface area contributed by atoms with Gasteiger partial charge >= 0.3 is 5.97 Å². The van der Waals surface area contributed by atoms with Crippen LogP contribution in [0.15, 0.2) is 23.8 Å². The molecule has 3 heterocycles. The van der Waals surface area contributed by atoms with Gasteiger partial charge in [-0.3, -0.25) is 19.3 Å². The van der Waals surface area contributed by atoms with E-state index in [0.717, 1.165) is 6.08 Å². The Morgan fingerprint density at radius 1 is 0.890 bits per heavy atom. The summed E-state index contributed by atoms with van der Waals surface area (Å²) in [6.45, 7) is 22.3. The molecule has 3 saturated carbocycles. The molecule has 82 heavy (non-hydrogen) atoms. The molecule has 7 aliphatic rings. The number of nitrogens with one attached hydrogen (secondary N) is 1. The molecule has 6 fully saturated rings. The van der Waals surface area contributed by atoms with Crippen molar-refractivity contribution in [3.63, 3.8) is 0 Å². The minimum Gasteiger partial charge on any atom is -0.459 e. The smallest absolute Gasteiger partial charge is 0.311 e. The van der Waals surface area contributed by atoms with Gasteiger partial charge in [0.2, 0.25) is 0 Å². The van der Waals surface area contributed by atoms with Crippen LogP contribution in [0.1, 0.15) is 141 Å². The number of esters is 1. The van der Waals surface area contributed by atoms with Crippen LogP contribution in [0.5, 0.6) is 0 Å². The molecular weight excluding hydrogens is 1070 g/mol. The molecule has 0 unspecified atom stereocenters. The Balaban J connectivity index is 1.16. The van der Waals surface area contributed by atoms with E-state index in [1.54, 1.807) is 62.3 Å². The zero-order chi connectivity index (χ0) is 61.4. The van der Waals surface area contributed by atoms with Gasteiger partial charge in [-0.15, -0.1) is 0 Å². The maximum Gasteiger partial charge on any atom is 0.311 e. The molecule has 7 rings (SSSR count). The number of allylic oxidation sites excluding steroid dienone is 4. The van der Waals surface area contributed by atoms with Crippen molar-refractivity contribution in [1.82, 2.24) is 15.1 Å². The molecule has 0 aromatic rings. The summed E-state index contributed by atoms with van der Waals surface area (Å²) < 4.78 is 72.3. The van der Waals surface area contributed by atoms with Crippen LogP contribution in [0.2, 0.25) is 0 Å². The number of cyclic esters (lactones) is 1. The quantitative estimate of drug-likeness (QED) is 0.101. The Kier molecular flexibility index (Phi) is 20.0. The molecule has 0 spiro atoms. The number of ether oxygens (including phenoxy) is 6. The lowest BCUT2D eigenvalue weighted by Crippen LogP contribution is -2.71. The minimum atomic E-state index is -2.39. The summed E-state index contributed by atoms with van der Waals surface area (Å²) in [7, 11) is 5.17. The summed E-state index contributed by atoms with van der Waals surface area (Å²) in [6, 6.07) is -1.21. The second-order valence-electron chi connectivity index (χ2n) is 27.6. The summed E-state index contributed by atoms with van der Waals surface area (Å²) in [5.74, 6) is -6.92. The van der Waals surface area contributed by atoms with Crippen LogP contribution >= 0.6 is 0 Å². The van der Waals surface area contributed by atoms with Crippen LogP contribution in [0.4, 0.5) is 8.78 Å². The summed E-state index contributed by atoms with van der Waals surface area (Å²) in [4.78, 5) is 45.5. The molecule has 4 aliphatic carbocycles. The highest BCUT2D eigenvalue weighted by Crippen LogP contribution is 2.71. The number of likely N-dealkylation sites (N-methyl/N-ethyl adjacent to an activating group) is 1. The van der Waals surface area contributed by atoms with Crippen molar-refractivity contribution in [2.75, 3.05) is 40.8 Å². The van der Waals surface area contributed by atoms with Crippen molar-refractivity contribution in [2.45, 2.75) is 255 Å². The standard InChI is InChI=1S/C61H101F2N3O16/c1-17-45-59(13,75)49(70)36(7)66(22-18-21-64-54(73)61(76)32(3)23-39-40-26-42(62)41-25-38(67)19-20-55(41,9)60(40,63)44(68)28-56(39,61)10)30-31(2)27-57(11,74)51(82-53-47(69)43(65(14)15)24-33(4)78-53)34(5)48(35(6)52(72)80-45)81-46-29-58(12,77-16)50(71)37(8)79-46/h19-20,25,31-37,39-40,42-51,53,68-71,74-76H,17-18,21-24,26-30H2,1-16H3,(H,64,73)/t31-,32-,33-,34+,35-,36-,37+,39+,40+,42+,43+,44+,45-,46+,47-,48+,49-,50+,51-,53+,55+,56+,57-,58-,59-,60+,61+/m1/s1. The summed E-state index contributed by atoms with van der Waals surface area (Å²) in [5.41, 5.74) is -12.4. The minimum absolute atomic E-state index is 0.0109. The molecule has 27 atom stereocenters. The zero-order valence-corrected chi connectivity index (χ0v) is 51.5. The molecule has 8 N–H and O–H groups in total. The molecular formula is C61H101F2N3O16. The summed E-state index contributed by atoms with van der Waals surface area (Å²) in [5, 5.41) is 88.3. The summed E-state index contributed by atoms with van der Waals surface area (Å²) >= 11 is 0. The molecule has 0 aromatic heterocycles. The third-order valence-electron chi connectivity index (χ3n) is 21.5. The number of methoxy groups -OCH3 is 1. The first-order valence-electron chi connectivity index (χ1n) is 30.1. The van der Waals surface area contributed by atoms with Crippen LogP contribution in [-0.4, -0.2) is 218 Å². The number of amides is 1. The van der Waals surface area contributed by atoms with Gasteiger partial charge in [-0.1, -0.05) is 40.7 Å². The highest BCUT2D eigenvalue weighted by Gasteiger charge is 2.77. The van der Waals surface area contributed by atoms with Crippen LogP contribution in [0, 0.1) is 46.3 Å². The van der Waals surface area contributed by atoms with Crippen LogP contribution < -0.4 is 5.32 Å². The first-order chi connectivity index (χ1) is 37.9. The van der Waals surface area contributed by atoms with Gasteiger partial charge in [-0.25, -0.2) is 8.78 Å². The third kappa shape index (κ3) is 11.7. The normalized spacial score (nSPS) is 50.8. The van der Waals surface area contributed by atoms with E-state index in [0.29, 0.717) is 6.42 Å². The highest BCUT2D eigenvalue weighted by molar-refractivity contribution is 6.01. The van der Waals surface area contributed by atoms with Gasteiger partial charge in [0.05, 0.1) is 47.6 Å². The molecule has 21 heteroatoms. The zero-order valence-electron chi connectivity index (χ0n) is 51.5. The number of alkyl halides is 2. The maximum absolute atomic E-state index is 17.9. The molecule has 470 valence electrons.